The van der Waals surface area contributed by atoms with Crippen molar-refractivity contribution in [2.75, 3.05) is 32.8 Å². The van der Waals surface area contributed by atoms with Gasteiger partial charge in [-0.2, -0.15) is 0 Å². The number of piperazine rings is 1. The normalized spacial score (nSPS) is 21.6. The Kier molecular flexibility index (Phi) is 4.18. The van der Waals surface area contributed by atoms with Crippen molar-refractivity contribution in [3.05, 3.63) is 29.6 Å². The predicted molar refractivity (Wildman–Crippen MR) is 78.7 cm³/mol. The first-order valence-electron chi connectivity index (χ1n) is 7.37. The van der Waals surface area contributed by atoms with Gasteiger partial charge in [-0.15, -0.1) is 0 Å². The van der Waals surface area contributed by atoms with Crippen molar-refractivity contribution in [2.45, 2.75) is 18.9 Å². The number of amides is 1. The SMILES string of the molecule is O=C(c1ccc(C#CCO)cn1)N1CCN2CCCC2C1. The molecule has 0 aromatic carbocycles. The molecule has 3 heterocycles. The fourth-order valence-electron chi connectivity index (χ4n) is 3.07. The molecule has 3 rings (SSSR count). The third-order valence-electron chi connectivity index (χ3n) is 4.17. The summed E-state index contributed by atoms with van der Waals surface area (Å²) in [6, 6.07) is 4.01. The van der Waals surface area contributed by atoms with Gasteiger partial charge in [-0.25, -0.2) is 4.98 Å². The maximum Gasteiger partial charge on any atom is 0.272 e. The molecule has 0 spiro atoms. The molecule has 5 heteroatoms. The van der Waals surface area contributed by atoms with E-state index in [1.165, 1.54) is 19.4 Å². The van der Waals surface area contributed by atoms with Crippen molar-refractivity contribution < 1.29 is 9.90 Å². The molecule has 1 N–H and O–H groups in total. The highest BCUT2D eigenvalue weighted by molar-refractivity contribution is 5.92. The summed E-state index contributed by atoms with van der Waals surface area (Å²) in [6.45, 7) is 3.56. The average Bonchev–Trinajstić information content (AvgIpc) is 3.00. The lowest BCUT2D eigenvalue weighted by molar-refractivity contribution is 0.0566. The molecule has 2 aliphatic rings. The van der Waals surface area contributed by atoms with Crippen LogP contribution in [0.4, 0.5) is 0 Å². The van der Waals surface area contributed by atoms with Gasteiger partial charge in [0.1, 0.15) is 12.3 Å². The fourth-order valence-corrected chi connectivity index (χ4v) is 3.07. The number of fused-ring (bicyclic) bond motifs is 1. The summed E-state index contributed by atoms with van der Waals surface area (Å²) in [5.74, 6) is 5.35. The molecule has 0 bridgehead atoms. The van der Waals surface area contributed by atoms with E-state index in [4.69, 9.17) is 5.11 Å². The fraction of sp³-hybridized carbons (Fsp3) is 0.500. The standard InChI is InChI=1S/C16H19N3O2/c20-10-2-3-13-5-6-15(17-11-13)16(21)19-9-8-18-7-1-4-14(18)12-19/h5-6,11,14,20H,1,4,7-10,12H2. The van der Waals surface area contributed by atoms with E-state index in [9.17, 15) is 4.79 Å². The maximum atomic E-state index is 12.5. The van der Waals surface area contributed by atoms with Gasteiger partial charge >= 0.3 is 0 Å². The first-order valence-corrected chi connectivity index (χ1v) is 7.37. The van der Waals surface area contributed by atoms with Gasteiger partial charge in [-0.1, -0.05) is 11.8 Å². The molecular formula is C16H19N3O2. The molecule has 1 amide bonds. The number of nitrogens with zero attached hydrogens (tertiary/aromatic N) is 3. The minimum absolute atomic E-state index is 0.00298. The zero-order valence-corrected chi connectivity index (χ0v) is 12.0. The number of pyridine rings is 1. The van der Waals surface area contributed by atoms with Crippen LogP contribution in [0.3, 0.4) is 0 Å². The topological polar surface area (TPSA) is 56.7 Å². The average molecular weight is 285 g/mol. The Morgan fingerprint density at radius 2 is 2.29 bits per heavy atom. The van der Waals surface area contributed by atoms with Crippen LogP contribution < -0.4 is 0 Å². The molecule has 1 aromatic heterocycles. The van der Waals surface area contributed by atoms with Crippen LogP contribution in [0, 0.1) is 11.8 Å². The molecule has 21 heavy (non-hydrogen) atoms. The van der Waals surface area contributed by atoms with Crippen LogP contribution in [0.1, 0.15) is 28.9 Å². The monoisotopic (exact) mass is 285 g/mol. The summed E-state index contributed by atoms with van der Waals surface area (Å²) in [5, 5.41) is 8.66. The smallest absolute Gasteiger partial charge is 0.272 e. The number of aliphatic hydroxyl groups excluding tert-OH is 1. The molecule has 0 aliphatic carbocycles. The molecule has 0 saturated carbocycles. The van der Waals surface area contributed by atoms with E-state index in [-0.39, 0.29) is 12.5 Å². The van der Waals surface area contributed by atoms with Gasteiger partial charge in [-0.05, 0) is 31.5 Å². The second kappa shape index (κ2) is 6.25. The predicted octanol–water partition coefficient (Wildman–Crippen LogP) is 0.346. The molecule has 5 nitrogen and oxygen atoms in total. The lowest BCUT2D eigenvalue weighted by Gasteiger charge is -2.37. The third kappa shape index (κ3) is 3.07. The minimum Gasteiger partial charge on any atom is -0.384 e. The van der Waals surface area contributed by atoms with Crippen LogP contribution in [0.5, 0.6) is 0 Å². The van der Waals surface area contributed by atoms with Crippen molar-refractivity contribution in [1.29, 1.82) is 0 Å². The van der Waals surface area contributed by atoms with Crippen LogP contribution in [0.25, 0.3) is 0 Å². The second-order valence-corrected chi connectivity index (χ2v) is 5.48. The lowest BCUT2D eigenvalue weighted by atomic mass is 10.1. The summed E-state index contributed by atoms with van der Waals surface area (Å²) < 4.78 is 0. The van der Waals surface area contributed by atoms with Crippen LogP contribution in [-0.2, 0) is 0 Å². The molecule has 0 radical (unpaired) electrons. The third-order valence-corrected chi connectivity index (χ3v) is 4.17. The Hall–Kier alpha value is -1.90. The summed E-state index contributed by atoms with van der Waals surface area (Å²) in [7, 11) is 0. The molecule has 2 fully saturated rings. The Morgan fingerprint density at radius 1 is 1.38 bits per heavy atom. The number of aromatic nitrogens is 1. The number of rotatable bonds is 1. The van der Waals surface area contributed by atoms with E-state index < -0.39 is 0 Å². The first-order chi connectivity index (χ1) is 10.3. The van der Waals surface area contributed by atoms with Gasteiger partial charge in [-0.3, -0.25) is 9.69 Å². The van der Waals surface area contributed by atoms with Crippen molar-refractivity contribution in [2.24, 2.45) is 0 Å². The molecular weight excluding hydrogens is 266 g/mol. The summed E-state index contributed by atoms with van der Waals surface area (Å²) >= 11 is 0. The van der Waals surface area contributed by atoms with E-state index >= 15 is 0 Å². The number of hydrogen-bond donors (Lipinski definition) is 1. The van der Waals surface area contributed by atoms with E-state index in [0.717, 1.165) is 19.6 Å². The van der Waals surface area contributed by atoms with E-state index in [2.05, 4.69) is 21.7 Å². The number of aliphatic hydroxyl groups is 1. The molecule has 2 aliphatic heterocycles. The van der Waals surface area contributed by atoms with Crippen molar-refractivity contribution in [3.8, 4) is 11.8 Å². The Bertz CT molecular complexity index is 573. The summed E-state index contributed by atoms with van der Waals surface area (Å²) in [4.78, 5) is 21.1. The zero-order chi connectivity index (χ0) is 14.7. The second-order valence-electron chi connectivity index (χ2n) is 5.48. The summed E-state index contributed by atoms with van der Waals surface area (Å²) in [5.41, 5.74) is 1.18. The first kappa shape index (κ1) is 14.1. The quantitative estimate of drug-likeness (QED) is 0.756. The Balaban J connectivity index is 1.67. The largest absolute Gasteiger partial charge is 0.384 e. The van der Waals surface area contributed by atoms with Crippen LogP contribution in [0.15, 0.2) is 18.3 Å². The molecule has 1 atom stereocenters. The minimum atomic E-state index is -0.174. The maximum absolute atomic E-state index is 12.5. The Labute approximate surface area is 124 Å². The van der Waals surface area contributed by atoms with Crippen molar-refractivity contribution >= 4 is 5.91 Å². The van der Waals surface area contributed by atoms with E-state index in [1.54, 1.807) is 18.3 Å². The highest BCUT2D eigenvalue weighted by atomic mass is 16.2. The van der Waals surface area contributed by atoms with Gasteiger partial charge in [0.25, 0.3) is 5.91 Å². The van der Waals surface area contributed by atoms with Crippen molar-refractivity contribution in [1.82, 2.24) is 14.8 Å². The molecule has 2 saturated heterocycles. The summed E-state index contributed by atoms with van der Waals surface area (Å²) in [6.07, 6.45) is 4.01. The number of carbonyl (C=O) groups is 1. The Morgan fingerprint density at radius 3 is 3.05 bits per heavy atom. The van der Waals surface area contributed by atoms with Gasteiger partial charge in [0.15, 0.2) is 0 Å². The van der Waals surface area contributed by atoms with Gasteiger partial charge in [0.05, 0.1) is 0 Å². The van der Waals surface area contributed by atoms with Crippen molar-refractivity contribution in [3.63, 3.8) is 0 Å². The molecule has 1 unspecified atom stereocenters. The highest BCUT2D eigenvalue weighted by Gasteiger charge is 2.32. The van der Waals surface area contributed by atoms with Gasteiger partial charge < -0.3 is 10.0 Å². The van der Waals surface area contributed by atoms with Gasteiger partial charge in [0, 0.05) is 37.4 Å². The van der Waals surface area contributed by atoms with Gasteiger partial charge in [0.2, 0.25) is 0 Å². The van der Waals surface area contributed by atoms with E-state index in [1.807, 2.05) is 4.90 Å². The van der Waals surface area contributed by atoms with Crippen LogP contribution in [-0.4, -0.2) is 64.6 Å². The lowest BCUT2D eigenvalue weighted by Crippen LogP contribution is -2.52. The highest BCUT2D eigenvalue weighted by Crippen LogP contribution is 2.22. The molecule has 110 valence electrons. The van der Waals surface area contributed by atoms with Crippen LogP contribution in [0.2, 0.25) is 0 Å². The zero-order valence-electron chi connectivity index (χ0n) is 12.0. The van der Waals surface area contributed by atoms with E-state index in [0.29, 0.717) is 17.3 Å². The van der Waals surface area contributed by atoms with Crippen LogP contribution >= 0.6 is 0 Å². The number of carbonyl (C=O) groups excluding carboxylic acids is 1. The number of hydrogen-bond acceptors (Lipinski definition) is 4. The molecule has 1 aromatic rings.